The average molecular weight is 290 g/mol. The lowest BCUT2D eigenvalue weighted by molar-refractivity contribution is 0.560. The van der Waals surface area contributed by atoms with Crippen molar-refractivity contribution in [2.45, 2.75) is 48.7 Å². The van der Waals surface area contributed by atoms with Crippen molar-refractivity contribution >= 4 is 11.8 Å². The number of hydrogen-bond acceptors (Lipinski definition) is 6. The summed E-state index contributed by atoms with van der Waals surface area (Å²) in [6, 6.07) is 6.41. The maximum atomic E-state index is 6.27. The summed E-state index contributed by atoms with van der Waals surface area (Å²) in [6.45, 7) is 2.09. The van der Waals surface area contributed by atoms with E-state index in [0.29, 0.717) is 6.04 Å². The van der Waals surface area contributed by atoms with E-state index in [-0.39, 0.29) is 11.3 Å². The summed E-state index contributed by atoms with van der Waals surface area (Å²) in [5.41, 5.74) is 7.25. The quantitative estimate of drug-likeness (QED) is 0.819. The monoisotopic (exact) mass is 290 g/mol. The van der Waals surface area contributed by atoms with Crippen molar-refractivity contribution in [1.82, 2.24) is 25.2 Å². The first-order valence-corrected chi connectivity index (χ1v) is 7.78. The fraction of sp³-hybridized carbons (Fsp3) is 0.538. The molecule has 2 atom stereocenters. The molecule has 0 saturated heterocycles. The molecule has 0 bridgehead atoms. The minimum absolute atomic E-state index is 0.0271. The predicted molar refractivity (Wildman–Crippen MR) is 77.2 cm³/mol. The number of hydrogen-bond donors (Lipinski definition) is 1. The van der Waals surface area contributed by atoms with Gasteiger partial charge in [-0.05, 0) is 41.8 Å². The molecule has 6 nitrogen and oxygen atoms in total. The summed E-state index contributed by atoms with van der Waals surface area (Å²) in [6.07, 6.45) is 5.01. The van der Waals surface area contributed by atoms with Gasteiger partial charge in [0.15, 0.2) is 0 Å². The van der Waals surface area contributed by atoms with E-state index < -0.39 is 0 Å². The molecule has 2 aromatic rings. The summed E-state index contributed by atoms with van der Waals surface area (Å²) >= 11 is 1.62. The Hall–Kier alpha value is -1.47. The molecule has 2 aromatic heterocycles. The highest BCUT2D eigenvalue weighted by Crippen LogP contribution is 2.41. The average Bonchev–Trinajstić information content (AvgIpc) is 3.24. The Bertz CT molecular complexity index is 553. The van der Waals surface area contributed by atoms with Crippen molar-refractivity contribution < 1.29 is 0 Å². The van der Waals surface area contributed by atoms with Crippen LogP contribution in [0.5, 0.6) is 0 Å². The Morgan fingerprint density at radius 2 is 2.30 bits per heavy atom. The number of thioether (sulfide) groups is 1. The fourth-order valence-corrected chi connectivity index (χ4v) is 3.28. The Balaban J connectivity index is 1.84. The molecule has 1 aliphatic carbocycles. The lowest BCUT2D eigenvalue weighted by Crippen LogP contribution is -2.26. The second-order valence-corrected chi connectivity index (χ2v) is 6.11. The second-order valence-electron chi connectivity index (χ2n) is 5.00. The molecule has 2 heterocycles. The van der Waals surface area contributed by atoms with Crippen LogP contribution in [0.1, 0.15) is 43.2 Å². The van der Waals surface area contributed by atoms with Crippen molar-refractivity contribution in [1.29, 1.82) is 0 Å². The molecule has 0 aromatic carbocycles. The number of pyridine rings is 1. The molecular weight excluding hydrogens is 272 g/mol. The van der Waals surface area contributed by atoms with Gasteiger partial charge in [0, 0.05) is 12.2 Å². The van der Waals surface area contributed by atoms with Crippen LogP contribution in [0.25, 0.3) is 0 Å². The molecule has 2 unspecified atom stereocenters. The second kappa shape index (κ2) is 5.88. The third-order valence-electron chi connectivity index (χ3n) is 3.43. The molecule has 0 amide bonds. The largest absolute Gasteiger partial charge is 0.326 e. The maximum absolute atomic E-state index is 6.27. The van der Waals surface area contributed by atoms with Gasteiger partial charge in [-0.15, -0.1) is 5.10 Å². The Kier molecular flexibility index (Phi) is 3.98. The first kappa shape index (κ1) is 13.5. The molecule has 1 saturated carbocycles. The normalized spacial score (nSPS) is 17.9. The van der Waals surface area contributed by atoms with Crippen LogP contribution >= 0.6 is 11.8 Å². The molecule has 3 rings (SSSR count). The third-order valence-corrected chi connectivity index (χ3v) is 4.75. The Morgan fingerprint density at radius 1 is 1.45 bits per heavy atom. The van der Waals surface area contributed by atoms with Crippen molar-refractivity contribution in [3.8, 4) is 0 Å². The molecule has 0 radical (unpaired) electrons. The number of tetrazole rings is 1. The summed E-state index contributed by atoms with van der Waals surface area (Å²) in [5.74, 6) is 0. The van der Waals surface area contributed by atoms with Gasteiger partial charge in [-0.3, -0.25) is 4.98 Å². The predicted octanol–water partition coefficient (Wildman–Crippen LogP) is 1.97. The van der Waals surface area contributed by atoms with Gasteiger partial charge in [-0.2, -0.15) is 0 Å². The lowest BCUT2D eigenvalue weighted by atomic mass is 10.1. The van der Waals surface area contributed by atoms with Crippen LogP contribution in [0.2, 0.25) is 0 Å². The molecule has 0 aliphatic heterocycles. The number of aromatic nitrogens is 5. The zero-order valence-corrected chi connectivity index (χ0v) is 12.2. The first-order chi connectivity index (χ1) is 9.79. The van der Waals surface area contributed by atoms with Crippen molar-refractivity contribution in [2.75, 3.05) is 0 Å². The van der Waals surface area contributed by atoms with Crippen LogP contribution in [-0.2, 0) is 0 Å². The topological polar surface area (TPSA) is 82.5 Å². The lowest BCUT2D eigenvalue weighted by Gasteiger charge is -2.21. The Morgan fingerprint density at radius 3 is 2.95 bits per heavy atom. The van der Waals surface area contributed by atoms with Crippen molar-refractivity contribution in [3.63, 3.8) is 0 Å². The fourth-order valence-electron chi connectivity index (χ4n) is 2.05. The number of nitrogens with zero attached hydrogens (tertiary/aromatic N) is 5. The summed E-state index contributed by atoms with van der Waals surface area (Å²) < 4.78 is 1.92. The van der Waals surface area contributed by atoms with E-state index >= 15 is 0 Å². The molecular formula is C13H18N6S. The molecule has 2 N–H and O–H groups in total. The first-order valence-electron chi connectivity index (χ1n) is 6.90. The maximum Gasteiger partial charge on any atom is 0.210 e. The molecule has 1 fully saturated rings. The highest BCUT2D eigenvalue weighted by atomic mass is 32.2. The van der Waals surface area contributed by atoms with E-state index in [1.165, 1.54) is 0 Å². The van der Waals surface area contributed by atoms with Crippen LogP contribution in [0, 0.1) is 0 Å². The van der Waals surface area contributed by atoms with E-state index in [1.807, 2.05) is 22.9 Å². The van der Waals surface area contributed by atoms with Gasteiger partial charge in [0.2, 0.25) is 5.16 Å². The van der Waals surface area contributed by atoms with E-state index in [0.717, 1.165) is 30.1 Å². The van der Waals surface area contributed by atoms with Gasteiger partial charge in [-0.25, -0.2) is 4.68 Å². The summed E-state index contributed by atoms with van der Waals surface area (Å²) in [5, 5.41) is 12.9. The van der Waals surface area contributed by atoms with Gasteiger partial charge in [0.05, 0.1) is 17.0 Å². The summed E-state index contributed by atoms with van der Waals surface area (Å²) in [4.78, 5) is 4.44. The smallest absolute Gasteiger partial charge is 0.210 e. The van der Waals surface area contributed by atoms with Gasteiger partial charge < -0.3 is 5.73 Å². The van der Waals surface area contributed by atoms with Gasteiger partial charge >= 0.3 is 0 Å². The zero-order chi connectivity index (χ0) is 13.9. The van der Waals surface area contributed by atoms with Crippen LogP contribution in [-0.4, -0.2) is 31.2 Å². The molecule has 20 heavy (non-hydrogen) atoms. The van der Waals surface area contributed by atoms with E-state index in [9.17, 15) is 0 Å². The minimum atomic E-state index is 0.0271. The molecule has 106 valence electrons. The van der Waals surface area contributed by atoms with Crippen LogP contribution in [0.3, 0.4) is 0 Å². The minimum Gasteiger partial charge on any atom is -0.326 e. The third kappa shape index (κ3) is 2.83. The highest BCUT2D eigenvalue weighted by molar-refractivity contribution is 7.99. The van der Waals surface area contributed by atoms with E-state index in [1.54, 1.807) is 18.0 Å². The van der Waals surface area contributed by atoms with E-state index in [4.69, 9.17) is 5.73 Å². The van der Waals surface area contributed by atoms with E-state index in [2.05, 4.69) is 27.4 Å². The molecule has 1 aliphatic rings. The van der Waals surface area contributed by atoms with Crippen LogP contribution < -0.4 is 5.73 Å². The molecule has 7 heteroatoms. The van der Waals surface area contributed by atoms with Gasteiger partial charge in [0.25, 0.3) is 0 Å². The highest BCUT2D eigenvalue weighted by Gasteiger charge is 2.30. The van der Waals surface area contributed by atoms with Crippen molar-refractivity contribution in [2.24, 2.45) is 5.73 Å². The van der Waals surface area contributed by atoms with Gasteiger partial charge in [0.1, 0.15) is 0 Å². The standard InChI is InChI=1S/C13H18N6S/c1-2-10(14)12(11-5-3-4-8-15-11)20-13-16-17-18-19(13)9-6-7-9/h3-5,8-10,12H,2,6-7,14H2,1H3. The zero-order valence-electron chi connectivity index (χ0n) is 11.4. The molecule has 0 spiro atoms. The Labute approximate surface area is 122 Å². The van der Waals surface area contributed by atoms with Crippen LogP contribution in [0.4, 0.5) is 0 Å². The van der Waals surface area contributed by atoms with Gasteiger partial charge in [-0.1, -0.05) is 24.8 Å². The SMILES string of the molecule is CCC(N)C(Sc1nnnn1C1CC1)c1ccccn1. The van der Waals surface area contributed by atoms with Crippen LogP contribution in [0.15, 0.2) is 29.6 Å². The number of rotatable bonds is 6. The summed E-state index contributed by atoms with van der Waals surface area (Å²) in [7, 11) is 0. The van der Waals surface area contributed by atoms with Crippen molar-refractivity contribution in [3.05, 3.63) is 30.1 Å². The number of nitrogens with two attached hydrogens (primary N) is 1.